The van der Waals surface area contributed by atoms with E-state index < -0.39 is 11.9 Å². The van der Waals surface area contributed by atoms with E-state index in [1.165, 1.54) is 6.33 Å². The van der Waals surface area contributed by atoms with E-state index in [2.05, 4.69) is 15.3 Å². The minimum Gasteiger partial charge on any atom is -0.477 e. The van der Waals surface area contributed by atoms with Crippen molar-refractivity contribution < 1.29 is 14.7 Å². The lowest BCUT2D eigenvalue weighted by molar-refractivity contribution is 0.0684. The van der Waals surface area contributed by atoms with Crippen LogP contribution in [0.4, 0.5) is 0 Å². The monoisotopic (exact) mass is 225 g/mol. The number of nitrogens with zero attached hydrogens (tertiary/aromatic N) is 1. The molecule has 1 aromatic rings. The predicted octanol–water partition coefficient (Wildman–Crippen LogP) is 1.03. The van der Waals surface area contributed by atoms with Gasteiger partial charge in [0.05, 0.1) is 6.33 Å². The number of aromatic carboxylic acids is 1. The van der Waals surface area contributed by atoms with E-state index in [1.807, 2.05) is 13.8 Å². The normalized spacial score (nSPS) is 10.4. The van der Waals surface area contributed by atoms with Crippen LogP contribution in [0, 0.1) is 0 Å². The fourth-order valence-corrected chi connectivity index (χ4v) is 1.38. The van der Waals surface area contributed by atoms with Crippen LogP contribution in [0.1, 0.15) is 47.7 Å². The molecule has 3 N–H and O–H groups in total. The SMILES string of the molecule is CCC(CC)NC(=O)c1nc[nH]c1C(=O)O. The van der Waals surface area contributed by atoms with Crippen molar-refractivity contribution in [3.8, 4) is 0 Å². The second kappa shape index (κ2) is 5.29. The van der Waals surface area contributed by atoms with E-state index in [0.29, 0.717) is 0 Å². The van der Waals surface area contributed by atoms with E-state index in [-0.39, 0.29) is 17.4 Å². The van der Waals surface area contributed by atoms with Crippen molar-refractivity contribution in [3.05, 3.63) is 17.7 Å². The second-order valence-electron chi connectivity index (χ2n) is 3.42. The highest BCUT2D eigenvalue weighted by Gasteiger charge is 2.20. The van der Waals surface area contributed by atoms with Gasteiger partial charge in [0.15, 0.2) is 11.4 Å². The lowest BCUT2D eigenvalue weighted by Gasteiger charge is -2.13. The number of carbonyl (C=O) groups is 2. The number of hydrogen-bond acceptors (Lipinski definition) is 3. The van der Waals surface area contributed by atoms with Crippen molar-refractivity contribution >= 4 is 11.9 Å². The Kier molecular flexibility index (Phi) is 4.04. The number of nitrogens with one attached hydrogen (secondary N) is 2. The number of hydrogen-bond donors (Lipinski definition) is 3. The molecule has 0 spiro atoms. The summed E-state index contributed by atoms with van der Waals surface area (Å²) >= 11 is 0. The van der Waals surface area contributed by atoms with Crippen LogP contribution in [-0.4, -0.2) is 33.0 Å². The van der Waals surface area contributed by atoms with Crippen molar-refractivity contribution in [2.75, 3.05) is 0 Å². The molecule has 0 bridgehead atoms. The number of carboxylic acids is 1. The van der Waals surface area contributed by atoms with Crippen LogP contribution in [0.25, 0.3) is 0 Å². The lowest BCUT2D eigenvalue weighted by Crippen LogP contribution is -2.34. The zero-order chi connectivity index (χ0) is 12.1. The van der Waals surface area contributed by atoms with Gasteiger partial charge in [-0.25, -0.2) is 9.78 Å². The van der Waals surface area contributed by atoms with Gasteiger partial charge in [-0.15, -0.1) is 0 Å². The summed E-state index contributed by atoms with van der Waals surface area (Å²) in [6.07, 6.45) is 2.80. The number of carboxylic acid groups (broad SMARTS) is 1. The molecule has 1 aromatic heterocycles. The van der Waals surface area contributed by atoms with Gasteiger partial charge < -0.3 is 15.4 Å². The standard InChI is InChI=1S/C10H15N3O3/c1-3-6(4-2)13-9(14)7-8(10(15)16)12-5-11-7/h5-6H,3-4H2,1-2H3,(H,11,12)(H,13,14)(H,15,16). The number of H-pyrrole nitrogens is 1. The first-order chi connectivity index (χ1) is 7.60. The Morgan fingerprint density at radius 3 is 2.62 bits per heavy atom. The number of imidazole rings is 1. The van der Waals surface area contributed by atoms with E-state index in [1.54, 1.807) is 0 Å². The van der Waals surface area contributed by atoms with E-state index in [4.69, 9.17) is 5.11 Å². The van der Waals surface area contributed by atoms with E-state index >= 15 is 0 Å². The van der Waals surface area contributed by atoms with Gasteiger partial charge in [0.2, 0.25) is 0 Å². The summed E-state index contributed by atoms with van der Waals surface area (Å²) in [6.45, 7) is 3.91. The topological polar surface area (TPSA) is 95.1 Å². The Morgan fingerprint density at radius 1 is 1.50 bits per heavy atom. The van der Waals surface area contributed by atoms with Gasteiger partial charge in [0, 0.05) is 6.04 Å². The third-order valence-electron chi connectivity index (χ3n) is 2.39. The summed E-state index contributed by atoms with van der Waals surface area (Å²) in [5.74, 6) is -1.64. The Morgan fingerprint density at radius 2 is 2.12 bits per heavy atom. The van der Waals surface area contributed by atoms with Gasteiger partial charge in [0.1, 0.15) is 0 Å². The summed E-state index contributed by atoms with van der Waals surface area (Å²) in [5.41, 5.74) is -0.247. The van der Waals surface area contributed by atoms with E-state index in [0.717, 1.165) is 12.8 Å². The van der Waals surface area contributed by atoms with Crippen LogP contribution < -0.4 is 5.32 Å². The van der Waals surface area contributed by atoms with Gasteiger partial charge >= 0.3 is 5.97 Å². The maximum atomic E-state index is 11.7. The number of aromatic amines is 1. The predicted molar refractivity (Wildman–Crippen MR) is 57.4 cm³/mol. The van der Waals surface area contributed by atoms with Crippen LogP contribution >= 0.6 is 0 Å². The van der Waals surface area contributed by atoms with Crippen molar-refractivity contribution in [2.45, 2.75) is 32.7 Å². The molecule has 0 radical (unpaired) electrons. The van der Waals surface area contributed by atoms with Gasteiger partial charge in [-0.1, -0.05) is 13.8 Å². The molecule has 16 heavy (non-hydrogen) atoms. The number of rotatable bonds is 5. The van der Waals surface area contributed by atoms with Gasteiger partial charge in [-0.2, -0.15) is 0 Å². The summed E-state index contributed by atoms with van der Waals surface area (Å²) in [4.78, 5) is 28.6. The quantitative estimate of drug-likeness (QED) is 0.697. The first kappa shape index (κ1) is 12.2. The van der Waals surface area contributed by atoms with Crippen molar-refractivity contribution in [2.24, 2.45) is 0 Å². The first-order valence-electron chi connectivity index (χ1n) is 5.17. The third-order valence-corrected chi connectivity index (χ3v) is 2.39. The summed E-state index contributed by atoms with van der Waals surface area (Å²) in [6, 6.07) is 0.0471. The van der Waals surface area contributed by atoms with Crippen LogP contribution in [0.2, 0.25) is 0 Å². The Hall–Kier alpha value is -1.85. The molecule has 0 saturated heterocycles. The minimum atomic E-state index is -1.19. The molecule has 0 saturated carbocycles. The summed E-state index contributed by atoms with van der Waals surface area (Å²) < 4.78 is 0. The average Bonchev–Trinajstić information content (AvgIpc) is 2.74. The van der Waals surface area contributed by atoms with Gasteiger partial charge in [0.25, 0.3) is 5.91 Å². The number of carbonyl (C=O) groups excluding carboxylic acids is 1. The fourth-order valence-electron chi connectivity index (χ4n) is 1.38. The Labute approximate surface area is 93.1 Å². The van der Waals surface area contributed by atoms with Crippen LogP contribution in [0.3, 0.4) is 0 Å². The highest BCUT2D eigenvalue weighted by atomic mass is 16.4. The van der Waals surface area contributed by atoms with Gasteiger partial charge in [-0.05, 0) is 12.8 Å². The van der Waals surface area contributed by atoms with Crippen LogP contribution in [0.15, 0.2) is 6.33 Å². The maximum Gasteiger partial charge on any atom is 0.354 e. The molecule has 0 fully saturated rings. The Balaban J connectivity index is 2.80. The highest BCUT2D eigenvalue weighted by Crippen LogP contribution is 2.04. The summed E-state index contributed by atoms with van der Waals surface area (Å²) in [7, 11) is 0. The molecule has 1 heterocycles. The van der Waals surface area contributed by atoms with Crippen LogP contribution in [-0.2, 0) is 0 Å². The molecule has 6 heteroatoms. The summed E-state index contributed by atoms with van der Waals surface area (Å²) in [5, 5.41) is 11.5. The molecule has 88 valence electrons. The van der Waals surface area contributed by atoms with Crippen molar-refractivity contribution in [1.29, 1.82) is 0 Å². The molecule has 0 aliphatic heterocycles. The van der Waals surface area contributed by atoms with Crippen molar-refractivity contribution in [1.82, 2.24) is 15.3 Å². The Bertz CT molecular complexity index is 382. The maximum absolute atomic E-state index is 11.7. The molecule has 0 aliphatic carbocycles. The third kappa shape index (κ3) is 2.59. The molecule has 0 unspecified atom stereocenters. The average molecular weight is 225 g/mol. The number of aromatic nitrogens is 2. The molecule has 0 aromatic carbocycles. The molecule has 0 aliphatic rings. The van der Waals surface area contributed by atoms with Crippen molar-refractivity contribution in [3.63, 3.8) is 0 Å². The van der Waals surface area contributed by atoms with Crippen LogP contribution in [0.5, 0.6) is 0 Å². The molecular formula is C10H15N3O3. The molecule has 1 amide bonds. The van der Waals surface area contributed by atoms with E-state index in [9.17, 15) is 9.59 Å². The lowest BCUT2D eigenvalue weighted by atomic mass is 10.1. The second-order valence-corrected chi connectivity index (χ2v) is 3.42. The first-order valence-corrected chi connectivity index (χ1v) is 5.17. The minimum absolute atomic E-state index is 0.0471. The smallest absolute Gasteiger partial charge is 0.354 e. The number of amides is 1. The largest absolute Gasteiger partial charge is 0.477 e. The zero-order valence-electron chi connectivity index (χ0n) is 9.28. The molecule has 6 nitrogen and oxygen atoms in total. The van der Waals surface area contributed by atoms with Gasteiger partial charge in [-0.3, -0.25) is 4.79 Å². The fraction of sp³-hybridized carbons (Fsp3) is 0.500. The molecule has 0 atom stereocenters. The zero-order valence-corrected chi connectivity index (χ0v) is 9.28. The molecule has 1 rings (SSSR count). The molecular weight excluding hydrogens is 210 g/mol. The highest BCUT2D eigenvalue weighted by molar-refractivity contribution is 6.02.